The number of nitrogens with zero attached hydrogens (tertiary/aromatic N) is 1. The van der Waals surface area contributed by atoms with Crippen LogP contribution in [0.25, 0.3) is 0 Å². The Morgan fingerprint density at radius 1 is 1.27 bits per heavy atom. The Balaban J connectivity index is 1.86. The van der Waals surface area contributed by atoms with Gasteiger partial charge in [-0.2, -0.15) is 0 Å². The van der Waals surface area contributed by atoms with Crippen molar-refractivity contribution in [3.63, 3.8) is 0 Å². The van der Waals surface area contributed by atoms with Crippen LogP contribution in [0.15, 0.2) is 23.2 Å². The molecule has 0 spiro atoms. The van der Waals surface area contributed by atoms with Crippen molar-refractivity contribution in [2.24, 2.45) is 10.7 Å². The maximum Gasteiger partial charge on any atom is 0.222 e. The SMILES string of the molecule is CCc1cccc(CC)c1NC(N)=NCCC(=O)NC1CCS(=O)(=O)C1. The van der Waals surface area contributed by atoms with E-state index in [4.69, 9.17) is 5.73 Å². The molecule has 1 atom stereocenters. The fraction of sp³-hybridized carbons (Fsp3) is 0.556. The summed E-state index contributed by atoms with van der Waals surface area (Å²) in [6, 6.07) is 5.86. The Morgan fingerprint density at radius 2 is 1.92 bits per heavy atom. The number of carbonyl (C=O) groups excluding carboxylic acids is 1. The monoisotopic (exact) mass is 380 g/mol. The van der Waals surface area contributed by atoms with E-state index in [1.165, 1.54) is 11.1 Å². The summed E-state index contributed by atoms with van der Waals surface area (Å²) in [5.74, 6) is 0.242. The molecule has 1 aliphatic heterocycles. The van der Waals surface area contributed by atoms with Gasteiger partial charge < -0.3 is 16.4 Å². The summed E-state index contributed by atoms with van der Waals surface area (Å²) in [5, 5.41) is 5.90. The van der Waals surface area contributed by atoms with Gasteiger partial charge in [-0.05, 0) is 30.4 Å². The maximum atomic E-state index is 11.9. The van der Waals surface area contributed by atoms with Crippen LogP contribution < -0.4 is 16.4 Å². The lowest BCUT2D eigenvalue weighted by Gasteiger charge is -2.15. The molecular formula is C18H28N4O3S. The molecular weight excluding hydrogens is 352 g/mol. The number of benzene rings is 1. The predicted octanol–water partition coefficient (Wildman–Crippen LogP) is 1.23. The average molecular weight is 381 g/mol. The minimum absolute atomic E-state index is 0.0271. The second-order valence-electron chi connectivity index (χ2n) is 6.47. The molecule has 144 valence electrons. The zero-order valence-electron chi connectivity index (χ0n) is 15.4. The second kappa shape index (κ2) is 9.02. The number of sulfone groups is 1. The first-order valence-corrected chi connectivity index (χ1v) is 10.8. The highest BCUT2D eigenvalue weighted by Crippen LogP contribution is 2.22. The number of nitrogens with two attached hydrogens (primary N) is 1. The third-order valence-electron chi connectivity index (χ3n) is 4.47. The van der Waals surface area contributed by atoms with Crippen LogP contribution in [-0.2, 0) is 27.5 Å². The predicted molar refractivity (Wildman–Crippen MR) is 105 cm³/mol. The highest BCUT2D eigenvalue weighted by atomic mass is 32.2. The molecule has 0 radical (unpaired) electrons. The van der Waals surface area contributed by atoms with Gasteiger partial charge in [-0.25, -0.2) is 8.42 Å². The van der Waals surface area contributed by atoms with Crippen molar-refractivity contribution in [2.75, 3.05) is 23.4 Å². The number of amides is 1. The molecule has 1 saturated heterocycles. The van der Waals surface area contributed by atoms with Crippen molar-refractivity contribution < 1.29 is 13.2 Å². The standard InChI is InChI=1S/C18H28N4O3S/c1-3-13-6-5-7-14(4-2)17(13)22-18(19)20-10-8-16(23)21-15-9-11-26(24,25)12-15/h5-7,15H,3-4,8-12H2,1-2H3,(H,21,23)(H3,19,20,22). The van der Waals surface area contributed by atoms with E-state index >= 15 is 0 Å². The van der Waals surface area contributed by atoms with Gasteiger partial charge >= 0.3 is 0 Å². The van der Waals surface area contributed by atoms with Gasteiger partial charge in [0, 0.05) is 18.2 Å². The average Bonchev–Trinajstić information content (AvgIpc) is 2.93. The Hall–Kier alpha value is -2.09. The zero-order chi connectivity index (χ0) is 19.2. The zero-order valence-corrected chi connectivity index (χ0v) is 16.2. The van der Waals surface area contributed by atoms with Gasteiger partial charge in [-0.15, -0.1) is 0 Å². The first kappa shape index (κ1) is 20.2. The molecule has 1 aromatic rings. The van der Waals surface area contributed by atoms with E-state index in [-0.39, 0.29) is 42.4 Å². The molecule has 8 heteroatoms. The number of guanidine groups is 1. The third-order valence-corrected chi connectivity index (χ3v) is 6.24. The quantitative estimate of drug-likeness (QED) is 0.486. The van der Waals surface area contributed by atoms with Crippen molar-refractivity contribution in [3.05, 3.63) is 29.3 Å². The summed E-state index contributed by atoms with van der Waals surface area (Å²) in [6.45, 7) is 4.42. The van der Waals surface area contributed by atoms with Crippen molar-refractivity contribution in [1.29, 1.82) is 0 Å². The summed E-state index contributed by atoms with van der Waals surface area (Å²) in [7, 11) is -3.00. The summed E-state index contributed by atoms with van der Waals surface area (Å²) in [4.78, 5) is 16.1. The van der Waals surface area contributed by atoms with Crippen molar-refractivity contribution in [2.45, 2.75) is 45.6 Å². The molecule has 7 nitrogen and oxygen atoms in total. The third kappa shape index (κ3) is 5.72. The summed E-state index contributed by atoms with van der Waals surface area (Å²) in [5.41, 5.74) is 9.29. The van der Waals surface area contributed by atoms with Crippen molar-refractivity contribution >= 4 is 27.4 Å². The number of para-hydroxylation sites is 1. The second-order valence-corrected chi connectivity index (χ2v) is 8.70. The van der Waals surface area contributed by atoms with Crippen LogP contribution >= 0.6 is 0 Å². The molecule has 0 aromatic heterocycles. The van der Waals surface area contributed by atoms with Gasteiger partial charge in [0.2, 0.25) is 5.91 Å². The lowest BCUT2D eigenvalue weighted by molar-refractivity contribution is -0.121. The number of aliphatic imine (C=N–C) groups is 1. The highest BCUT2D eigenvalue weighted by molar-refractivity contribution is 7.91. The molecule has 1 fully saturated rings. The first-order valence-electron chi connectivity index (χ1n) is 9.02. The maximum absolute atomic E-state index is 11.9. The van der Waals surface area contributed by atoms with Crippen LogP contribution in [0.5, 0.6) is 0 Å². The Morgan fingerprint density at radius 3 is 2.46 bits per heavy atom. The number of carbonyl (C=O) groups is 1. The number of rotatable bonds is 7. The number of aryl methyl sites for hydroxylation is 2. The van der Waals surface area contributed by atoms with Gasteiger partial charge in [0.15, 0.2) is 15.8 Å². The fourth-order valence-electron chi connectivity index (χ4n) is 3.06. The summed E-state index contributed by atoms with van der Waals surface area (Å²) >= 11 is 0. The van der Waals surface area contributed by atoms with Gasteiger partial charge in [-0.1, -0.05) is 32.0 Å². The molecule has 0 bridgehead atoms. The van der Waals surface area contributed by atoms with Crippen LogP contribution in [0.1, 0.15) is 37.8 Å². The topological polar surface area (TPSA) is 114 Å². The van der Waals surface area contributed by atoms with E-state index in [0.717, 1.165) is 18.5 Å². The molecule has 1 amide bonds. The van der Waals surface area contributed by atoms with Crippen LogP contribution in [-0.4, -0.2) is 44.4 Å². The molecule has 2 rings (SSSR count). The molecule has 1 aromatic carbocycles. The van der Waals surface area contributed by atoms with Crippen molar-refractivity contribution in [3.8, 4) is 0 Å². The number of hydrogen-bond donors (Lipinski definition) is 3. The lowest BCUT2D eigenvalue weighted by Crippen LogP contribution is -2.36. The largest absolute Gasteiger partial charge is 0.370 e. The van der Waals surface area contributed by atoms with E-state index in [2.05, 4.69) is 41.6 Å². The molecule has 1 heterocycles. The van der Waals surface area contributed by atoms with E-state index < -0.39 is 9.84 Å². The van der Waals surface area contributed by atoms with Crippen LogP contribution in [0.4, 0.5) is 5.69 Å². The molecule has 4 N–H and O–H groups in total. The lowest BCUT2D eigenvalue weighted by atomic mass is 10.0. The molecule has 0 saturated carbocycles. The van der Waals surface area contributed by atoms with E-state index in [1.807, 2.05) is 6.07 Å². The Bertz CT molecular complexity index is 752. The van der Waals surface area contributed by atoms with Crippen LogP contribution in [0, 0.1) is 0 Å². The Labute approximate surface area is 155 Å². The number of nitrogens with one attached hydrogen (secondary N) is 2. The minimum Gasteiger partial charge on any atom is -0.370 e. The van der Waals surface area contributed by atoms with Crippen molar-refractivity contribution in [1.82, 2.24) is 5.32 Å². The molecule has 1 aliphatic rings. The smallest absolute Gasteiger partial charge is 0.222 e. The van der Waals surface area contributed by atoms with E-state index in [9.17, 15) is 13.2 Å². The highest BCUT2D eigenvalue weighted by Gasteiger charge is 2.28. The van der Waals surface area contributed by atoms with Gasteiger partial charge in [0.1, 0.15) is 0 Å². The van der Waals surface area contributed by atoms with Gasteiger partial charge in [0.05, 0.1) is 18.1 Å². The van der Waals surface area contributed by atoms with Gasteiger partial charge in [0.25, 0.3) is 0 Å². The Kier molecular flexibility index (Phi) is 7.02. The van der Waals surface area contributed by atoms with Crippen LogP contribution in [0.2, 0.25) is 0 Å². The van der Waals surface area contributed by atoms with Gasteiger partial charge in [-0.3, -0.25) is 9.79 Å². The van der Waals surface area contributed by atoms with E-state index in [0.29, 0.717) is 6.42 Å². The molecule has 26 heavy (non-hydrogen) atoms. The van der Waals surface area contributed by atoms with E-state index in [1.54, 1.807) is 0 Å². The first-order chi connectivity index (χ1) is 12.3. The summed E-state index contributed by atoms with van der Waals surface area (Å²) in [6.07, 6.45) is 2.43. The fourth-order valence-corrected chi connectivity index (χ4v) is 4.73. The summed E-state index contributed by atoms with van der Waals surface area (Å²) < 4.78 is 22.8. The minimum atomic E-state index is -3.00. The number of anilines is 1. The molecule has 1 unspecified atom stereocenters. The van der Waals surface area contributed by atoms with Crippen LogP contribution in [0.3, 0.4) is 0 Å². The number of hydrogen-bond acceptors (Lipinski definition) is 4. The molecule has 0 aliphatic carbocycles. The normalized spacial score (nSPS) is 19.3.